The van der Waals surface area contributed by atoms with Gasteiger partial charge in [-0.3, -0.25) is 9.69 Å². The highest BCUT2D eigenvalue weighted by Gasteiger charge is 2.27. The topological polar surface area (TPSA) is 52.6 Å². The number of hydrogen-bond acceptors (Lipinski definition) is 4. The van der Waals surface area contributed by atoms with Gasteiger partial charge in [-0.15, -0.1) is 11.8 Å². The normalized spacial score (nSPS) is 18.4. The van der Waals surface area contributed by atoms with Gasteiger partial charge in [0.1, 0.15) is 0 Å². The summed E-state index contributed by atoms with van der Waals surface area (Å²) in [6.07, 6.45) is 1.48. The molecule has 0 aromatic heterocycles. The summed E-state index contributed by atoms with van der Waals surface area (Å²) in [5, 5.41) is 12.8. The number of aliphatic hydroxyl groups is 1. The van der Waals surface area contributed by atoms with Gasteiger partial charge in [0.25, 0.3) is 0 Å². The number of hydrogen-bond donors (Lipinski definition) is 2. The molecule has 2 N–H and O–H groups in total. The summed E-state index contributed by atoms with van der Waals surface area (Å²) in [6.45, 7) is 4.57. The third-order valence-corrected chi connectivity index (χ3v) is 4.75. The van der Waals surface area contributed by atoms with Crippen LogP contribution in [0.5, 0.6) is 0 Å². The molecule has 116 valence electrons. The van der Waals surface area contributed by atoms with E-state index in [1.165, 1.54) is 4.90 Å². The summed E-state index contributed by atoms with van der Waals surface area (Å²) in [7, 11) is 0. The van der Waals surface area contributed by atoms with Crippen LogP contribution in [0.2, 0.25) is 0 Å². The average Bonchev–Trinajstić information content (AvgIpc) is 2.47. The summed E-state index contributed by atoms with van der Waals surface area (Å²) in [5.41, 5.74) is -0.556. The molecule has 0 aliphatic carbocycles. The maximum Gasteiger partial charge on any atom is 0.234 e. The van der Waals surface area contributed by atoms with Crippen LogP contribution < -0.4 is 5.32 Å². The zero-order chi connectivity index (χ0) is 15.1. The number of piperidine rings is 1. The molecule has 0 bridgehead atoms. The molecule has 0 atom stereocenters. The predicted molar refractivity (Wildman–Crippen MR) is 86.5 cm³/mol. The van der Waals surface area contributed by atoms with Crippen molar-refractivity contribution in [3.63, 3.8) is 0 Å². The van der Waals surface area contributed by atoms with Gasteiger partial charge in [-0.2, -0.15) is 0 Å². The van der Waals surface area contributed by atoms with Gasteiger partial charge in [0, 0.05) is 30.3 Å². The van der Waals surface area contributed by atoms with Gasteiger partial charge >= 0.3 is 0 Å². The Morgan fingerprint density at radius 3 is 2.67 bits per heavy atom. The van der Waals surface area contributed by atoms with Gasteiger partial charge in [-0.1, -0.05) is 18.2 Å². The van der Waals surface area contributed by atoms with Crippen LogP contribution in [0.3, 0.4) is 0 Å². The van der Waals surface area contributed by atoms with Gasteiger partial charge in [-0.25, -0.2) is 0 Å². The van der Waals surface area contributed by atoms with E-state index in [9.17, 15) is 9.90 Å². The van der Waals surface area contributed by atoms with Crippen molar-refractivity contribution in [1.29, 1.82) is 0 Å². The zero-order valence-electron chi connectivity index (χ0n) is 12.5. The lowest BCUT2D eigenvalue weighted by molar-refractivity contribution is -0.123. The fraction of sp³-hybridized carbons (Fsp3) is 0.562. The molecule has 0 saturated carbocycles. The Balaban J connectivity index is 1.58. The van der Waals surface area contributed by atoms with Crippen LogP contribution in [-0.2, 0) is 4.79 Å². The molecule has 1 aliphatic heterocycles. The Bertz CT molecular complexity index is 441. The Hall–Kier alpha value is -1.04. The summed E-state index contributed by atoms with van der Waals surface area (Å²) in [6, 6.07) is 10.2. The minimum absolute atomic E-state index is 0.0743. The first-order valence-electron chi connectivity index (χ1n) is 7.44. The van der Waals surface area contributed by atoms with Crippen LogP contribution in [-0.4, -0.2) is 53.4 Å². The highest BCUT2D eigenvalue weighted by Crippen LogP contribution is 2.20. The van der Waals surface area contributed by atoms with Crippen molar-refractivity contribution in [2.45, 2.75) is 30.3 Å². The van der Waals surface area contributed by atoms with Crippen molar-refractivity contribution in [2.75, 3.05) is 31.9 Å². The molecule has 1 amide bonds. The number of rotatable bonds is 6. The van der Waals surface area contributed by atoms with E-state index in [-0.39, 0.29) is 5.91 Å². The SMILES string of the molecule is CC1(O)CCN(CC(=O)NCCSc2ccccc2)CC1. The van der Waals surface area contributed by atoms with Crippen molar-refractivity contribution < 1.29 is 9.90 Å². The Kier molecular flexibility index (Phi) is 6.08. The van der Waals surface area contributed by atoms with Crippen molar-refractivity contribution >= 4 is 17.7 Å². The number of benzene rings is 1. The largest absolute Gasteiger partial charge is 0.390 e. The molecule has 1 aromatic carbocycles. The maximum absolute atomic E-state index is 11.9. The van der Waals surface area contributed by atoms with E-state index >= 15 is 0 Å². The van der Waals surface area contributed by atoms with Gasteiger partial charge in [0.15, 0.2) is 0 Å². The Labute approximate surface area is 130 Å². The van der Waals surface area contributed by atoms with E-state index in [4.69, 9.17) is 0 Å². The first-order valence-corrected chi connectivity index (χ1v) is 8.43. The molecule has 0 unspecified atom stereocenters. The second-order valence-electron chi connectivity index (χ2n) is 5.78. The van der Waals surface area contributed by atoms with Gasteiger partial charge in [0.05, 0.1) is 12.1 Å². The van der Waals surface area contributed by atoms with Crippen LogP contribution in [0.1, 0.15) is 19.8 Å². The molecule has 2 rings (SSSR count). The van der Waals surface area contributed by atoms with E-state index < -0.39 is 5.60 Å². The average molecular weight is 308 g/mol. The molecule has 0 radical (unpaired) electrons. The van der Waals surface area contributed by atoms with Crippen molar-refractivity contribution in [3.8, 4) is 0 Å². The lowest BCUT2D eigenvalue weighted by Gasteiger charge is -2.35. The second kappa shape index (κ2) is 7.82. The molecular formula is C16H24N2O2S. The third-order valence-electron chi connectivity index (χ3n) is 3.74. The lowest BCUT2D eigenvalue weighted by atomic mass is 9.94. The van der Waals surface area contributed by atoms with Crippen LogP contribution in [0.4, 0.5) is 0 Å². The quantitative estimate of drug-likeness (QED) is 0.621. The monoisotopic (exact) mass is 308 g/mol. The van der Waals surface area contributed by atoms with Crippen molar-refractivity contribution in [2.24, 2.45) is 0 Å². The molecule has 1 fully saturated rings. The summed E-state index contributed by atoms with van der Waals surface area (Å²) < 4.78 is 0. The number of carbonyl (C=O) groups excluding carboxylic acids is 1. The summed E-state index contributed by atoms with van der Waals surface area (Å²) >= 11 is 1.75. The van der Waals surface area contributed by atoms with Gasteiger partial charge in [0.2, 0.25) is 5.91 Å². The van der Waals surface area contributed by atoms with E-state index in [0.29, 0.717) is 13.1 Å². The van der Waals surface area contributed by atoms with E-state index in [0.717, 1.165) is 31.7 Å². The summed E-state index contributed by atoms with van der Waals surface area (Å²) in [4.78, 5) is 15.2. The Morgan fingerprint density at radius 1 is 1.33 bits per heavy atom. The summed E-state index contributed by atoms with van der Waals surface area (Å²) in [5.74, 6) is 0.954. The number of nitrogens with zero attached hydrogens (tertiary/aromatic N) is 1. The Morgan fingerprint density at radius 2 is 2.00 bits per heavy atom. The van der Waals surface area contributed by atoms with Gasteiger partial charge in [-0.05, 0) is 31.9 Å². The van der Waals surface area contributed by atoms with Crippen molar-refractivity contribution in [3.05, 3.63) is 30.3 Å². The lowest BCUT2D eigenvalue weighted by Crippen LogP contribution is -2.46. The minimum Gasteiger partial charge on any atom is -0.390 e. The number of thioether (sulfide) groups is 1. The van der Waals surface area contributed by atoms with Crippen LogP contribution in [0, 0.1) is 0 Å². The van der Waals surface area contributed by atoms with Crippen LogP contribution in [0.25, 0.3) is 0 Å². The second-order valence-corrected chi connectivity index (χ2v) is 6.95. The minimum atomic E-state index is -0.556. The molecule has 1 heterocycles. The van der Waals surface area contributed by atoms with Crippen molar-refractivity contribution in [1.82, 2.24) is 10.2 Å². The molecular weight excluding hydrogens is 284 g/mol. The zero-order valence-corrected chi connectivity index (χ0v) is 13.4. The molecule has 4 nitrogen and oxygen atoms in total. The van der Waals surface area contributed by atoms with E-state index in [2.05, 4.69) is 22.3 Å². The fourth-order valence-electron chi connectivity index (χ4n) is 2.33. The number of likely N-dealkylation sites (tertiary alicyclic amines) is 1. The number of carbonyl (C=O) groups is 1. The maximum atomic E-state index is 11.9. The standard InChI is InChI=1S/C16H24N2O2S/c1-16(20)7-10-18(11-8-16)13-15(19)17-9-12-21-14-5-3-2-4-6-14/h2-6,20H,7-13H2,1H3,(H,17,19). The molecule has 1 saturated heterocycles. The first-order chi connectivity index (χ1) is 10.1. The highest BCUT2D eigenvalue weighted by atomic mass is 32.2. The highest BCUT2D eigenvalue weighted by molar-refractivity contribution is 7.99. The molecule has 5 heteroatoms. The molecule has 1 aliphatic rings. The fourth-order valence-corrected chi connectivity index (χ4v) is 3.12. The van der Waals surface area contributed by atoms with E-state index in [1.54, 1.807) is 11.8 Å². The molecule has 0 spiro atoms. The smallest absolute Gasteiger partial charge is 0.234 e. The number of amides is 1. The number of nitrogens with one attached hydrogen (secondary N) is 1. The van der Waals surface area contributed by atoms with Crippen LogP contribution in [0.15, 0.2) is 35.2 Å². The van der Waals surface area contributed by atoms with Gasteiger partial charge < -0.3 is 10.4 Å². The third kappa shape index (κ3) is 6.08. The molecule has 1 aromatic rings. The predicted octanol–water partition coefficient (Wildman–Crippen LogP) is 1.74. The van der Waals surface area contributed by atoms with Crippen LogP contribution >= 0.6 is 11.8 Å². The van der Waals surface area contributed by atoms with E-state index in [1.807, 2.05) is 25.1 Å². The first kappa shape index (κ1) is 16.3. The molecule has 21 heavy (non-hydrogen) atoms.